The number of aryl methyl sites for hydroxylation is 1. The number of nitrogens with zero attached hydrogens (tertiary/aromatic N) is 3. The molecule has 4 rings (SSSR count). The topological polar surface area (TPSA) is 92.7 Å². The molecule has 1 aromatic carbocycles. The highest BCUT2D eigenvalue weighted by molar-refractivity contribution is 7.13. The highest BCUT2D eigenvalue weighted by atomic mass is 32.1. The van der Waals surface area contributed by atoms with Crippen molar-refractivity contribution in [2.45, 2.75) is 13.3 Å². The summed E-state index contributed by atoms with van der Waals surface area (Å²) >= 11 is 1.45. The summed E-state index contributed by atoms with van der Waals surface area (Å²) in [6.07, 6.45) is 0.534. The quantitative estimate of drug-likeness (QED) is 0.507. The molecule has 0 fully saturated rings. The van der Waals surface area contributed by atoms with Crippen LogP contribution in [0, 0.1) is 11.6 Å². The van der Waals surface area contributed by atoms with Crippen LogP contribution in [0.2, 0.25) is 0 Å². The molecule has 0 spiro atoms. The largest absolute Gasteiger partial charge is 0.306 e. The molecule has 0 radical (unpaired) electrons. The summed E-state index contributed by atoms with van der Waals surface area (Å²) in [5.41, 5.74) is 0.681. The van der Waals surface area contributed by atoms with E-state index < -0.39 is 17.5 Å². The Morgan fingerprint density at radius 3 is 2.73 bits per heavy atom. The Kier molecular flexibility index (Phi) is 5.23. The first kappa shape index (κ1) is 19.6. The summed E-state index contributed by atoms with van der Waals surface area (Å²) in [5.74, 6) is -2.50. The number of amides is 1. The van der Waals surface area contributed by atoms with Crippen LogP contribution in [0.5, 0.6) is 0 Å². The third-order valence-electron chi connectivity index (χ3n) is 4.25. The molecule has 0 bridgehead atoms. The molecular weight excluding hydrogens is 412 g/mol. The van der Waals surface area contributed by atoms with E-state index >= 15 is 0 Å². The van der Waals surface area contributed by atoms with Gasteiger partial charge in [-0.25, -0.2) is 13.8 Å². The average molecular weight is 427 g/mol. The first-order valence-corrected chi connectivity index (χ1v) is 9.83. The van der Waals surface area contributed by atoms with Crippen molar-refractivity contribution in [3.8, 4) is 16.5 Å². The number of H-pyrrole nitrogens is 1. The Morgan fingerprint density at radius 2 is 2.03 bits per heavy atom. The molecule has 0 aliphatic rings. The van der Waals surface area contributed by atoms with E-state index in [2.05, 4.69) is 20.4 Å². The number of thiophene rings is 1. The first-order valence-electron chi connectivity index (χ1n) is 8.95. The van der Waals surface area contributed by atoms with Crippen molar-refractivity contribution in [1.82, 2.24) is 19.7 Å². The monoisotopic (exact) mass is 427 g/mol. The van der Waals surface area contributed by atoms with E-state index in [1.807, 2.05) is 24.4 Å². The van der Waals surface area contributed by atoms with Crippen molar-refractivity contribution in [2.24, 2.45) is 0 Å². The number of halogens is 2. The maximum atomic E-state index is 13.5. The molecule has 0 aliphatic heterocycles. The fraction of sp³-hybridized carbons (Fsp3) is 0.100. The molecule has 3 heterocycles. The van der Waals surface area contributed by atoms with Gasteiger partial charge in [0.15, 0.2) is 11.6 Å². The lowest BCUT2D eigenvalue weighted by molar-refractivity contribution is 0.102. The van der Waals surface area contributed by atoms with E-state index in [9.17, 15) is 18.4 Å². The maximum Gasteiger partial charge on any atom is 0.256 e. The van der Waals surface area contributed by atoms with Gasteiger partial charge in [-0.1, -0.05) is 13.0 Å². The van der Waals surface area contributed by atoms with Crippen LogP contribution in [-0.4, -0.2) is 25.7 Å². The smallest absolute Gasteiger partial charge is 0.256 e. The van der Waals surface area contributed by atoms with Crippen LogP contribution in [0.15, 0.2) is 52.6 Å². The number of anilines is 1. The number of rotatable bonds is 5. The van der Waals surface area contributed by atoms with Gasteiger partial charge in [-0.3, -0.25) is 14.6 Å². The molecule has 10 heteroatoms. The van der Waals surface area contributed by atoms with E-state index in [4.69, 9.17) is 0 Å². The van der Waals surface area contributed by atoms with E-state index in [0.717, 1.165) is 17.0 Å². The van der Waals surface area contributed by atoms with Crippen LogP contribution in [0.1, 0.15) is 23.0 Å². The molecule has 0 aliphatic carbocycles. The number of hydrogen-bond donors (Lipinski definition) is 2. The molecule has 7 nitrogen and oxygen atoms in total. The van der Waals surface area contributed by atoms with Gasteiger partial charge < -0.3 is 5.32 Å². The zero-order chi connectivity index (χ0) is 21.3. The number of carbonyl (C=O) groups excluding carboxylic acids is 1. The van der Waals surface area contributed by atoms with Crippen LogP contribution in [0.25, 0.3) is 16.5 Å². The van der Waals surface area contributed by atoms with Crippen molar-refractivity contribution in [2.75, 3.05) is 5.32 Å². The highest BCUT2D eigenvalue weighted by Crippen LogP contribution is 2.27. The van der Waals surface area contributed by atoms with Crippen LogP contribution in [0.3, 0.4) is 0 Å². The molecule has 0 saturated heterocycles. The number of carbonyl (C=O) groups is 1. The third kappa shape index (κ3) is 3.90. The Hall–Kier alpha value is -3.66. The van der Waals surface area contributed by atoms with Gasteiger partial charge in [0, 0.05) is 23.4 Å². The van der Waals surface area contributed by atoms with Gasteiger partial charge in [0.25, 0.3) is 11.5 Å². The summed E-state index contributed by atoms with van der Waals surface area (Å²) in [5, 5.41) is 8.97. The minimum absolute atomic E-state index is 0.0666. The third-order valence-corrected chi connectivity index (χ3v) is 5.14. The van der Waals surface area contributed by atoms with Gasteiger partial charge in [0.05, 0.1) is 4.88 Å². The lowest BCUT2D eigenvalue weighted by Gasteiger charge is -2.09. The van der Waals surface area contributed by atoms with Crippen molar-refractivity contribution in [3.05, 3.63) is 81.1 Å². The molecule has 152 valence electrons. The SMILES string of the molecule is CCc1cc(=O)[nH]c(-n2nc(-c3cccs3)cc2NC(=O)c2ccc(F)c(F)c2)n1. The molecule has 1 amide bonds. The minimum Gasteiger partial charge on any atom is -0.306 e. The van der Waals surface area contributed by atoms with E-state index in [-0.39, 0.29) is 22.9 Å². The van der Waals surface area contributed by atoms with E-state index in [1.54, 1.807) is 6.07 Å². The predicted molar refractivity (Wildman–Crippen MR) is 109 cm³/mol. The molecule has 3 aromatic heterocycles. The summed E-state index contributed by atoms with van der Waals surface area (Å²) in [6, 6.07) is 9.57. The second kappa shape index (κ2) is 7.99. The summed E-state index contributed by atoms with van der Waals surface area (Å²) in [7, 11) is 0. The van der Waals surface area contributed by atoms with Gasteiger partial charge >= 0.3 is 0 Å². The molecule has 0 saturated carbocycles. The maximum absolute atomic E-state index is 13.5. The van der Waals surface area contributed by atoms with Crippen LogP contribution in [0.4, 0.5) is 14.6 Å². The number of benzene rings is 1. The van der Waals surface area contributed by atoms with Crippen molar-refractivity contribution >= 4 is 23.1 Å². The highest BCUT2D eigenvalue weighted by Gasteiger charge is 2.18. The molecule has 2 N–H and O–H groups in total. The fourth-order valence-corrected chi connectivity index (χ4v) is 3.46. The number of nitrogens with one attached hydrogen (secondary N) is 2. The van der Waals surface area contributed by atoms with Gasteiger partial charge in [-0.2, -0.15) is 9.78 Å². The zero-order valence-electron chi connectivity index (χ0n) is 15.6. The summed E-state index contributed by atoms with van der Waals surface area (Å²) < 4.78 is 28.0. The van der Waals surface area contributed by atoms with Crippen molar-refractivity contribution in [1.29, 1.82) is 0 Å². The van der Waals surface area contributed by atoms with Gasteiger partial charge in [0.2, 0.25) is 5.95 Å². The standard InChI is InChI=1S/C20H15F2N5O2S/c1-2-12-9-18(28)25-20(23-12)27-17(10-15(26-27)16-4-3-7-30-16)24-19(29)11-5-6-13(21)14(22)8-11/h3-10H,2H2,1H3,(H,24,29)(H,23,25,28). The second-order valence-electron chi connectivity index (χ2n) is 6.30. The Bertz CT molecular complexity index is 1280. The number of aromatic nitrogens is 4. The lowest BCUT2D eigenvalue weighted by Crippen LogP contribution is -2.19. The van der Waals surface area contributed by atoms with Gasteiger partial charge in [0.1, 0.15) is 11.5 Å². The normalized spacial score (nSPS) is 10.9. The van der Waals surface area contributed by atoms with E-state index in [0.29, 0.717) is 17.8 Å². The van der Waals surface area contributed by atoms with Crippen molar-refractivity contribution < 1.29 is 13.6 Å². The zero-order valence-corrected chi connectivity index (χ0v) is 16.5. The molecule has 30 heavy (non-hydrogen) atoms. The van der Waals surface area contributed by atoms with E-state index in [1.165, 1.54) is 28.2 Å². The van der Waals surface area contributed by atoms with Crippen LogP contribution >= 0.6 is 11.3 Å². The average Bonchev–Trinajstić information content (AvgIpc) is 3.39. The Morgan fingerprint density at radius 1 is 1.20 bits per heavy atom. The molecule has 0 unspecified atom stereocenters. The molecule has 0 atom stereocenters. The molecule has 4 aromatic rings. The van der Waals surface area contributed by atoms with Gasteiger partial charge in [-0.05, 0) is 36.1 Å². The molecular formula is C20H15F2N5O2S. The van der Waals surface area contributed by atoms with Crippen LogP contribution in [-0.2, 0) is 6.42 Å². The Labute approximate surface area is 173 Å². The summed E-state index contributed by atoms with van der Waals surface area (Å²) in [6.45, 7) is 1.86. The summed E-state index contributed by atoms with van der Waals surface area (Å²) in [4.78, 5) is 32.4. The lowest BCUT2D eigenvalue weighted by atomic mass is 10.2. The van der Waals surface area contributed by atoms with Crippen LogP contribution < -0.4 is 10.9 Å². The first-order chi connectivity index (χ1) is 14.4. The minimum atomic E-state index is -1.13. The second-order valence-corrected chi connectivity index (χ2v) is 7.25. The van der Waals surface area contributed by atoms with Crippen molar-refractivity contribution in [3.63, 3.8) is 0 Å². The fourth-order valence-electron chi connectivity index (χ4n) is 2.78. The number of hydrogen-bond acceptors (Lipinski definition) is 5. The number of aromatic amines is 1. The predicted octanol–water partition coefficient (Wildman–Crippen LogP) is 3.78. The van der Waals surface area contributed by atoms with Gasteiger partial charge in [-0.15, -0.1) is 11.3 Å². The Balaban J connectivity index is 1.78.